The van der Waals surface area contributed by atoms with E-state index in [0.29, 0.717) is 17.2 Å². The van der Waals surface area contributed by atoms with Gasteiger partial charge in [-0.3, -0.25) is 9.69 Å². The van der Waals surface area contributed by atoms with Gasteiger partial charge in [0.25, 0.3) is 0 Å². The number of aliphatic carboxylic acids is 1. The molecule has 0 aromatic heterocycles. The highest BCUT2D eigenvalue weighted by atomic mass is 32.2. The van der Waals surface area contributed by atoms with Crippen molar-refractivity contribution in [2.24, 2.45) is 0 Å². The van der Waals surface area contributed by atoms with Gasteiger partial charge in [0.1, 0.15) is 4.32 Å². The maximum atomic E-state index is 11.3. The van der Waals surface area contributed by atoms with Crippen LogP contribution in [0.4, 0.5) is 0 Å². The summed E-state index contributed by atoms with van der Waals surface area (Å²) < 4.78 is 0.345. The van der Waals surface area contributed by atoms with Crippen molar-refractivity contribution >= 4 is 40.2 Å². The number of nitrogens with zero attached hydrogens (tertiary/aromatic N) is 1. The predicted octanol–water partition coefficient (Wildman–Crippen LogP) is -0.235. The van der Waals surface area contributed by atoms with Crippen molar-refractivity contribution in [3.05, 3.63) is 0 Å². The minimum Gasteiger partial charge on any atom is -0.548 e. The van der Waals surface area contributed by atoms with Crippen molar-refractivity contribution in [1.82, 2.24) is 4.90 Å². The number of thiocarbonyl (C=S) groups is 1. The second-order valence-corrected chi connectivity index (χ2v) is 4.55. The fraction of sp³-hybridized carbons (Fsp3) is 0.625. The summed E-state index contributed by atoms with van der Waals surface area (Å²) in [6, 6.07) is -0.894. The van der Waals surface area contributed by atoms with Gasteiger partial charge in [-0.05, 0) is 6.42 Å². The monoisotopic (exact) mass is 232 g/mol. The standard InChI is InChI=1S/C8H11NO3S2/c1-2-3-5(7(11)12)9-6(10)4-14-8(9)13/h5H,2-4H2,1H3,(H,11,12)/p-1/t5-/m1/s1. The van der Waals surface area contributed by atoms with E-state index in [1.54, 1.807) is 0 Å². The number of carboxylic acid groups (broad SMARTS) is 1. The first-order chi connectivity index (χ1) is 6.57. The van der Waals surface area contributed by atoms with Crippen LogP contribution in [0, 0.1) is 0 Å². The summed E-state index contributed by atoms with van der Waals surface area (Å²) in [5.41, 5.74) is 0. The highest BCUT2D eigenvalue weighted by Gasteiger charge is 2.33. The van der Waals surface area contributed by atoms with Crippen molar-refractivity contribution < 1.29 is 14.7 Å². The Morgan fingerprint density at radius 3 is 2.79 bits per heavy atom. The summed E-state index contributed by atoms with van der Waals surface area (Å²) in [6.45, 7) is 1.85. The van der Waals surface area contributed by atoms with Crippen molar-refractivity contribution in [2.45, 2.75) is 25.8 Å². The molecule has 4 nitrogen and oxygen atoms in total. The van der Waals surface area contributed by atoms with Gasteiger partial charge in [0.05, 0.1) is 17.8 Å². The Balaban J connectivity index is 2.81. The van der Waals surface area contributed by atoms with Gasteiger partial charge in [-0.1, -0.05) is 37.3 Å². The average molecular weight is 232 g/mol. The van der Waals surface area contributed by atoms with Gasteiger partial charge in [-0.2, -0.15) is 0 Å². The molecule has 0 radical (unpaired) electrons. The van der Waals surface area contributed by atoms with Crippen LogP contribution in [0.2, 0.25) is 0 Å². The van der Waals surface area contributed by atoms with Crippen LogP contribution in [0.5, 0.6) is 0 Å². The van der Waals surface area contributed by atoms with Gasteiger partial charge in [0, 0.05) is 0 Å². The summed E-state index contributed by atoms with van der Waals surface area (Å²) in [5, 5.41) is 10.8. The molecule has 0 bridgehead atoms. The number of carbonyl (C=O) groups excluding carboxylic acids is 2. The quantitative estimate of drug-likeness (QED) is 0.626. The highest BCUT2D eigenvalue weighted by molar-refractivity contribution is 8.23. The van der Waals surface area contributed by atoms with Gasteiger partial charge in [-0.15, -0.1) is 0 Å². The lowest BCUT2D eigenvalue weighted by Crippen LogP contribution is -2.50. The fourth-order valence-corrected chi connectivity index (χ4v) is 2.45. The third kappa shape index (κ3) is 2.24. The van der Waals surface area contributed by atoms with Crippen LogP contribution < -0.4 is 5.11 Å². The molecule has 1 amide bonds. The Hall–Kier alpha value is -0.620. The van der Waals surface area contributed by atoms with Crippen molar-refractivity contribution in [1.29, 1.82) is 0 Å². The van der Waals surface area contributed by atoms with Crippen molar-refractivity contribution in [3.8, 4) is 0 Å². The molecule has 0 aromatic carbocycles. The first kappa shape index (κ1) is 11.5. The molecule has 14 heavy (non-hydrogen) atoms. The molecule has 0 aromatic rings. The largest absolute Gasteiger partial charge is 0.548 e. The van der Waals surface area contributed by atoms with E-state index in [9.17, 15) is 14.7 Å². The molecule has 0 unspecified atom stereocenters. The molecule has 1 heterocycles. The van der Waals surface area contributed by atoms with E-state index in [4.69, 9.17) is 12.2 Å². The van der Waals surface area contributed by atoms with Crippen LogP contribution in [0.25, 0.3) is 0 Å². The average Bonchev–Trinajstić information content (AvgIpc) is 2.43. The van der Waals surface area contributed by atoms with Gasteiger partial charge in [-0.25, -0.2) is 0 Å². The van der Waals surface area contributed by atoms with Crippen LogP contribution in [0.15, 0.2) is 0 Å². The molecule has 1 saturated heterocycles. The summed E-state index contributed by atoms with van der Waals surface area (Å²) in [6.07, 6.45) is 1.06. The zero-order valence-electron chi connectivity index (χ0n) is 7.69. The zero-order chi connectivity index (χ0) is 10.7. The van der Waals surface area contributed by atoms with E-state index in [1.807, 2.05) is 6.92 Å². The molecule has 0 N–H and O–H groups in total. The Labute approximate surface area is 91.6 Å². The smallest absolute Gasteiger partial charge is 0.239 e. The third-order valence-corrected chi connectivity index (χ3v) is 3.32. The summed E-state index contributed by atoms with van der Waals surface area (Å²) >= 11 is 6.11. The predicted molar refractivity (Wildman–Crippen MR) is 55.6 cm³/mol. The molecule has 1 aliphatic rings. The number of thioether (sulfide) groups is 1. The van der Waals surface area contributed by atoms with E-state index in [-0.39, 0.29) is 11.7 Å². The molecule has 1 rings (SSSR count). The lowest BCUT2D eigenvalue weighted by Gasteiger charge is -2.27. The number of amides is 1. The molecule has 78 valence electrons. The normalized spacial score (nSPS) is 18.8. The number of hydrogen-bond acceptors (Lipinski definition) is 5. The molecule has 0 saturated carbocycles. The van der Waals surface area contributed by atoms with Crippen LogP contribution in [0.3, 0.4) is 0 Å². The first-order valence-corrected chi connectivity index (χ1v) is 5.67. The Kier molecular flexibility index (Phi) is 3.88. The van der Waals surface area contributed by atoms with Gasteiger partial charge in [0.2, 0.25) is 5.91 Å². The molecule has 1 fully saturated rings. The minimum atomic E-state index is -1.23. The summed E-state index contributed by atoms with van der Waals surface area (Å²) in [7, 11) is 0. The fourth-order valence-electron chi connectivity index (χ4n) is 1.29. The third-order valence-electron chi connectivity index (χ3n) is 1.93. The number of hydrogen-bond donors (Lipinski definition) is 0. The SMILES string of the molecule is CCC[C@H](C(=O)[O-])N1C(=O)CSC1=S. The number of carboxylic acids is 1. The lowest BCUT2D eigenvalue weighted by molar-refractivity contribution is -0.310. The maximum absolute atomic E-state index is 11.3. The Morgan fingerprint density at radius 2 is 2.43 bits per heavy atom. The Bertz CT molecular complexity index is 264. The molecule has 0 aliphatic carbocycles. The van der Waals surface area contributed by atoms with Gasteiger partial charge in [0.15, 0.2) is 0 Å². The van der Waals surface area contributed by atoms with Crippen LogP contribution in [-0.4, -0.2) is 32.9 Å². The van der Waals surface area contributed by atoms with Crippen LogP contribution in [0.1, 0.15) is 19.8 Å². The topological polar surface area (TPSA) is 60.4 Å². The second kappa shape index (κ2) is 4.75. The molecule has 1 aliphatic heterocycles. The Morgan fingerprint density at radius 1 is 1.79 bits per heavy atom. The molecule has 6 heteroatoms. The van der Waals surface area contributed by atoms with E-state index < -0.39 is 12.0 Å². The number of carbonyl (C=O) groups is 2. The van der Waals surface area contributed by atoms with E-state index in [2.05, 4.69) is 0 Å². The van der Waals surface area contributed by atoms with E-state index in [1.165, 1.54) is 16.7 Å². The minimum absolute atomic E-state index is 0.234. The van der Waals surface area contributed by atoms with Gasteiger partial charge >= 0.3 is 0 Å². The second-order valence-electron chi connectivity index (χ2n) is 2.94. The van der Waals surface area contributed by atoms with E-state index >= 15 is 0 Å². The highest BCUT2D eigenvalue weighted by Crippen LogP contribution is 2.23. The summed E-state index contributed by atoms with van der Waals surface area (Å²) in [5.74, 6) is -1.22. The van der Waals surface area contributed by atoms with Gasteiger partial charge < -0.3 is 9.90 Å². The zero-order valence-corrected chi connectivity index (χ0v) is 9.32. The molecular formula is C8H10NO3S2-. The molecular weight excluding hydrogens is 222 g/mol. The van der Waals surface area contributed by atoms with Crippen LogP contribution in [-0.2, 0) is 9.59 Å². The van der Waals surface area contributed by atoms with Crippen LogP contribution >= 0.6 is 24.0 Å². The lowest BCUT2D eigenvalue weighted by atomic mass is 10.1. The van der Waals surface area contributed by atoms with Crippen molar-refractivity contribution in [3.63, 3.8) is 0 Å². The summed E-state index contributed by atoms with van der Waals surface area (Å²) in [4.78, 5) is 23.3. The maximum Gasteiger partial charge on any atom is 0.239 e. The van der Waals surface area contributed by atoms with E-state index in [0.717, 1.165) is 0 Å². The first-order valence-electron chi connectivity index (χ1n) is 4.27. The number of rotatable bonds is 4. The van der Waals surface area contributed by atoms with Crippen molar-refractivity contribution in [2.75, 3.05) is 5.75 Å². The molecule has 1 atom stereocenters. The molecule has 0 spiro atoms.